The summed E-state index contributed by atoms with van der Waals surface area (Å²) in [7, 11) is 0. The minimum atomic E-state index is -0.725. The second kappa shape index (κ2) is 25.1. The summed E-state index contributed by atoms with van der Waals surface area (Å²) in [5.74, 6) is -0.990. The van der Waals surface area contributed by atoms with Crippen molar-refractivity contribution in [3.63, 3.8) is 0 Å². The fourth-order valence-corrected chi connectivity index (χ4v) is 5.94. The molecule has 0 bridgehead atoms. The molecule has 0 aliphatic carbocycles. The zero-order valence-electron chi connectivity index (χ0n) is 30.3. The molecule has 0 saturated heterocycles. The molecule has 0 unspecified atom stereocenters. The van der Waals surface area contributed by atoms with E-state index >= 15 is 0 Å². The van der Waals surface area contributed by atoms with Gasteiger partial charge in [0.25, 0.3) is 5.56 Å². The van der Waals surface area contributed by atoms with E-state index in [0.717, 1.165) is 19.3 Å². The minimum absolute atomic E-state index is 0.0103. The Hall–Kier alpha value is -2.95. The van der Waals surface area contributed by atoms with Crippen LogP contribution >= 0.6 is 0 Å². The summed E-state index contributed by atoms with van der Waals surface area (Å²) in [4.78, 5) is 47.8. The number of anilines is 1. The van der Waals surface area contributed by atoms with Crippen molar-refractivity contribution in [1.29, 1.82) is 0 Å². The summed E-state index contributed by atoms with van der Waals surface area (Å²) in [6.07, 6.45) is 27.3. The van der Waals surface area contributed by atoms with Gasteiger partial charge in [-0.1, -0.05) is 136 Å². The Morgan fingerprint density at radius 2 is 1.35 bits per heavy atom. The highest BCUT2D eigenvalue weighted by Gasteiger charge is 2.22. The molecular weight excluding hydrogens is 608 g/mol. The number of imidazole rings is 1. The molecule has 48 heavy (non-hydrogen) atoms. The standard InChI is InChI=1S/C37H66N6O5/c1-4-5-6-7-8-9-10-11-12-13-14-15-16-17-18-19-20-21-22-23-31(44)47-25-24-30(27-48-36(46)32(38)29(2)3)26-43-28-40-33-34(43)41-37(39)42-35(33)45/h28-30,32H,4-27,38H2,1-3H3,(H3,39,41,42,45)/t30-,32+/m1/s1. The summed E-state index contributed by atoms with van der Waals surface area (Å²) in [5, 5.41) is 0. The number of nitrogens with one attached hydrogen (secondary N) is 1. The van der Waals surface area contributed by atoms with Crippen LogP contribution in [0.25, 0.3) is 11.2 Å². The predicted molar refractivity (Wildman–Crippen MR) is 193 cm³/mol. The maximum absolute atomic E-state index is 12.4. The summed E-state index contributed by atoms with van der Waals surface area (Å²) in [6.45, 7) is 6.60. The third-order valence-electron chi connectivity index (χ3n) is 9.17. The van der Waals surface area contributed by atoms with E-state index in [1.165, 1.54) is 109 Å². The van der Waals surface area contributed by atoms with E-state index < -0.39 is 17.6 Å². The summed E-state index contributed by atoms with van der Waals surface area (Å²) >= 11 is 0. The molecule has 2 heterocycles. The minimum Gasteiger partial charge on any atom is -0.466 e. The lowest BCUT2D eigenvalue weighted by molar-refractivity contribution is -0.149. The fraction of sp³-hybridized carbons (Fsp3) is 0.811. The first-order chi connectivity index (χ1) is 23.2. The first-order valence-corrected chi connectivity index (χ1v) is 19.0. The number of esters is 2. The van der Waals surface area contributed by atoms with Crippen LogP contribution < -0.4 is 17.0 Å². The second-order valence-corrected chi connectivity index (χ2v) is 13.9. The largest absolute Gasteiger partial charge is 0.466 e. The highest BCUT2D eigenvalue weighted by atomic mass is 16.5. The molecule has 0 fully saturated rings. The Balaban J connectivity index is 1.56. The van der Waals surface area contributed by atoms with Gasteiger partial charge < -0.3 is 25.5 Å². The van der Waals surface area contributed by atoms with Gasteiger partial charge in [-0.15, -0.1) is 0 Å². The van der Waals surface area contributed by atoms with Gasteiger partial charge in [-0.3, -0.25) is 19.4 Å². The van der Waals surface area contributed by atoms with Gasteiger partial charge in [0.1, 0.15) is 6.04 Å². The van der Waals surface area contributed by atoms with Crippen molar-refractivity contribution in [3.05, 3.63) is 16.7 Å². The van der Waals surface area contributed by atoms with Crippen LogP contribution in [0.3, 0.4) is 0 Å². The zero-order chi connectivity index (χ0) is 35.0. The van der Waals surface area contributed by atoms with Crippen LogP contribution in [-0.2, 0) is 25.6 Å². The van der Waals surface area contributed by atoms with Crippen molar-refractivity contribution in [3.8, 4) is 0 Å². The number of aromatic nitrogens is 4. The monoisotopic (exact) mass is 675 g/mol. The maximum Gasteiger partial charge on any atom is 0.323 e. The van der Waals surface area contributed by atoms with E-state index in [1.54, 1.807) is 4.57 Å². The molecule has 2 aromatic heterocycles. The fourth-order valence-electron chi connectivity index (χ4n) is 5.94. The molecule has 2 rings (SSSR count). The third kappa shape index (κ3) is 17.4. The Morgan fingerprint density at radius 1 is 0.833 bits per heavy atom. The average molecular weight is 675 g/mol. The molecule has 11 heteroatoms. The van der Waals surface area contributed by atoms with E-state index in [-0.39, 0.29) is 42.5 Å². The number of hydrogen-bond donors (Lipinski definition) is 3. The van der Waals surface area contributed by atoms with E-state index in [2.05, 4.69) is 21.9 Å². The molecule has 0 saturated carbocycles. The highest BCUT2D eigenvalue weighted by Crippen LogP contribution is 2.17. The van der Waals surface area contributed by atoms with Crippen LogP contribution in [-0.4, -0.2) is 50.7 Å². The molecule has 0 aliphatic rings. The number of nitrogens with two attached hydrogens (primary N) is 2. The summed E-state index contributed by atoms with van der Waals surface area (Å²) in [5.41, 5.74) is 11.8. The van der Waals surface area contributed by atoms with Crippen molar-refractivity contribution in [1.82, 2.24) is 19.5 Å². The molecule has 2 aromatic rings. The smallest absolute Gasteiger partial charge is 0.323 e. The molecule has 0 aromatic carbocycles. The summed E-state index contributed by atoms with van der Waals surface area (Å²) in [6, 6.07) is -0.725. The average Bonchev–Trinajstić information content (AvgIpc) is 3.46. The van der Waals surface area contributed by atoms with Gasteiger partial charge in [0.15, 0.2) is 11.2 Å². The van der Waals surface area contributed by atoms with Gasteiger partial charge in [0.05, 0.1) is 19.5 Å². The summed E-state index contributed by atoms with van der Waals surface area (Å²) < 4.78 is 12.7. The van der Waals surface area contributed by atoms with Gasteiger partial charge in [-0.25, -0.2) is 4.98 Å². The van der Waals surface area contributed by atoms with Crippen molar-refractivity contribution in [2.24, 2.45) is 17.6 Å². The second-order valence-electron chi connectivity index (χ2n) is 13.9. The highest BCUT2D eigenvalue weighted by molar-refractivity contribution is 5.75. The number of unbranched alkanes of at least 4 members (excludes halogenated alkanes) is 18. The van der Waals surface area contributed by atoms with Crippen molar-refractivity contribution < 1.29 is 19.1 Å². The number of carbonyl (C=O) groups excluding carboxylic acids is 2. The van der Waals surface area contributed by atoms with Crippen LogP contribution in [0.5, 0.6) is 0 Å². The molecule has 274 valence electrons. The lowest BCUT2D eigenvalue weighted by Crippen LogP contribution is -2.38. The molecule has 11 nitrogen and oxygen atoms in total. The SMILES string of the molecule is CCCCCCCCCCCCCCCCCCCCCC(=O)OCC[C@@H](COC(=O)[C@@H](N)C(C)C)Cn1cnc2c(=O)[nH]c(N)nc21. The zero-order valence-corrected chi connectivity index (χ0v) is 30.3. The van der Waals surface area contributed by atoms with Gasteiger partial charge in [-0.2, -0.15) is 4.98 Å². The van der Waals surface area contributed by atoms with Crippen LogP contribution in [0.4, 0.5) is 5.95 Å². The van der Waals surface area contributed by atoms with Crippen LogP contribution in [0.2, 0.25) is 0 Å². The van der Waals surface area contributed by atoms with E-state index in [9.17, 15) is 14.4 Å². The number of ether oxygens (including phenoxy) is 2. The molecule has 0 amide bonds. The lowest BCUT2D eigenvalue weighted by Gasteiger charge is -2.20. The number of fused-ring (bicyclic) bond motifs is 1. The number of nitrogens with zero attached hydrogens (tertiary/aromatic N) is 3. The number of H-pyrrole nitrogens is 1. The lowest BCUT2D eigenvalue weighted by atomic mass is 10.0. The predicted octanol–water partition coefficient (Wildman–Crippen LogP) is 7.60. The van der Waals surface area contributed by atoms with Crippen molar-refractivity contribution in [2.75, 3.05) is 18.9 Å². The van der Waals surface area contributed by atoms with Gasteiger partial charge in [0.2, 0.25) is 5.95 Å². The van der Waals surface area contributed by atoms with Crippen molar-refractivity contribution >= 4 is 29.1 Å². The van der Waals surface area contributed by atoms with Crippen molar-refractivity contribution in [2.45, 2.75) is 168 Å². The number of hydrogen-bond acceptors (Lipinski definition) is 9. The number of nitrogen functional groups attached to an aromatic ring is 1. The van der Waals surface area contributed by atoms with Gasteiger partial charge >= 0.3 is 11.9 Å². The molecule has 0 spiro atoms. The molecule has 2 atom stereocenters. The first kappa shape index (κ1) is 41.2. The molecule has 5 N–H and O–H groups in total. The number of aromatic amines is 1. The van der Waals surface area contributed by atoms with E-state index in [0.29, 0.717) is 25.0 Å². The maximum atomic E-state index is 12.4. The third-order valence-corrected chi connectivity index (χ3v) is 9.17. The number of carbonyl (C=O) groups is 2. The Labute approximate surface area is 288 Å². The van der Waals surface area contributed by atoms with Crippen LogP contribution in [0.1, 0.15) is 156 Å². The Bertz CT molecular complexity index is 1210. The van der Waals surface area contributed by atoms with Crippen LogP contribution in [0, 0.1) is 11.8 Å². The van der Waals surface area contributed by atoms with E-state index in [1.807, 2.05) is 13.8 Å². The number of rotatable bonds is 29. The molecule has 0 aliphatic heterocycles. The Kier molecular flexibility index (Phi) is 21.5. The normalized spacial score (nSPS) is 12.9. The van der Waals surface area contributed by atoms with Gasteiger partial charge in [-0.05, 0) is 18.8 Å². The quantitative estimate of drug-likeness (QED) is 0.0581. The molecule has 0 radical (unpaired) electrons. The Morgan fingerprint density at radius 3 is 1.88 bits per heavy atom. The van der Waals surface area contributed by atoms with Gasteiger partial charge in [0, 0.05) is 18.9 Å². The topological polar surface area (TPSA) is 168 Å². The molecular formula is C37H66N6O5. The first-order valence-electron chi connectivity index (χ1n) is 19.0. The van der Waals surface area contributed by atoms with Crippen LogP contribution in [0.15, 0.2) is 11.1 Å². The van der Waals surface area contributed by atoms with E-state index in [4.69, 9.17) is 20.9 Å².